The van der Waals surface area contributed by atoms with Crippen LogP contribution in [0, 0.1) is 11.3 Å². The first kappa shape index (κ1) is 9.37. The number of benzene rings is 1. The Kier molecular flexibility index (Phi) is 3.39. The minimum Gasteiger partial charge on any atom is -0.371 e. The minimum atomic E-state index is 0.292. The maximum atomic E-state index is 8.32. The predicted octanol–water partition coefficient (Wildman–Crippen LogP) is 3.04. The molecule has 0 heterocycles. The molecule has 0 saturated heterocycles. The van der Waals surface area contributed by atoms with Crippen molar-refractivity contribution in [2.45, 2.75) is 0 Å². The second kappa shape index (κ2) is 4.34. The Morgan fingerprint density at radius 2 is 2.33 bits per heavy atom. The lowest BCUT2D eigenvalue weighted by Gasteiger charge is -2.04. The van der Waals surface area contributed by atoms with Crippen LogP contribution < -0.4 is 5.32 Å². The highest BCUT2D eigenvalue weighted by Gasteiger charge is 1.98. The fourth-order valence-corrected chi connectivity index (χ4v) is 1.59. The third-order valence-corrected chi connectivity index (χ3v) is 2.18. The summed E-state index contributed by atoms with van der Waals surface area (Å²) in [7, 11) is 0. The monoisotopic (exact) mass is 244 g/mol. The summed E-state index contributed by atoms with van der Waals surface area (Å²) >= 11 is 9.05. The van der Waals surface area contributed by atoms with Crippen molar-refractivity contribution in [2.24, 2.45) is 0 Å². The number of halogens is 2. The lowest BCUT2D eigenvalue weighted by atomic mass is 10.3. The summed E-state index contributed by atoms with van der Waals surface area (Å²) in [6, 6.07) is 7.37. The van der Waals surface area contributed by atoms with E-state index >= 15 is 0 Å². The zero-order valence-corrected chi connectivity index (χ0v) is 8.48. The molecule has 1 aromatic rings. The van der Waals surface area contributed by atoms with Crippen LogP contribution in [0.4, 0.5) is 5.69 Å². The maximum Gasteiger partial charge on any atom is 0.103 e. The van der Waals surface area contributed by atoms with Crippen LogP contribution in [0.15, 0.2) is 22.7 Å². The second-order valence-electron chi connectivity index (χ2n) is 2.14. The Balaban J connectivity index is 2.81. The van der Waals surface area contributed by atoms with Gasteiger partial charge in [-0.2, -0.15) is 5.26 Å². The number of nitrogens with one attached hydrogen (secondary N) is 1. The highest BCUT2D eigenvalue weighted by Crippen LogP contribution is 2.25. The molecule has 0 amide bonds. The Morgan fingerprint density at radius 3 is 2.92 bits per heavy atom. The third kappa shape index (κ3) is 2.40. The fourth-order valence-electron chi connectivity index (χ4n) is 0.768. The van der Waals surface area contributed by atoms with Crippen molar-refractivity contribution >= 4 is 33.2 Å². The number of hydrogen-bond acceptors (Lipinski definition) is 2. The van der Waals surface area contributed by atoms with Crippen LogP contribution in [0.5, 0.6) is 0 Å². The summed E-state index contributed by atoms with van der Waals surface area (Å²) in [6.07, 6.45) is 0. The van der Waals surface area contributed by atoms with E-state index in [1.54, 1.807) is 12.1 Å². The van der Waals surface area contributed by atoms with Gasteiger partial charge in [0.2, 0.25) is 0 Å². The fraction of sp³-hybridized carbons (Fsp3) is 0.125. The number of rotatable bonds is 2. The maximum absolute atomic E-state index is 8.32. The molecule has 4 heteroatoms. The molecule has 1 aromatic carbocycles. The average Bonchev–Trinajstić information content (AvgIpc) is 2.03. The third-order valence-electron chi connectivity index (χ3n) is 1.29. The first-order valence-corrected chi connectivity index (χ1v) is 4.47. The van der Waals surface area contributed by atoms with Gasteiger partial charge in [0.05, 0.1) is 6.07 Å². The van der Waals surface area contributed by atoms with Gasteiger partial charge < -0.3 is 5.32 Å². The molecule has 0 aromatic heterocycles. The van der Waals surface area contributed by atoms with Crippen LogP contribution in [-0.2, 0) is 0 Å². The van der Waals surface area contributed by atoms with Gasteiger partial charge in [0, 0.05) is 15.2 Å². The molecule has 1 rings (SSSR count). The SMILES string of the molecule is N#CCNc1ccc(Cl)cc1Br. The van der Waals surface area contributed by atoms with E-state index in [1.807, 2.05) is 12.1 Å². The second-order valence-corrected chi connectivity index (χ2v) is 3.43. The highest BCUT2D eigenvalue weighted by atomic mass is 79.9. The number of hydrogen-bond donors (Lipinski definition) is 1. The highest BCUT2D eigenvalue weighted by molar-refractivity contribution is 9.10. The molecule has 0 fully saturated rings. The Morgan fingerprint density at radius 1 is 1.58 bits per heavy atom. The molecule has 1 N–H and O–H groups in total. The van der Waals surface area contributed by atoms with E-state index in [9.17, 15) is 0 Å². The summed E-state index contributed by atoms with van der Waals surface area (Å²) in [5.41, 5.74) is 0.876. The van der Waals surface area contributed by atoms with Crippen molar-refractivity contribution in [1.29, 1.82) is 5.26 Å². The number of anilines is 1. The first-order valence-electron chi connectivity index (χ1n) is 3.30. The molecule has 12 heavy (non-hydrogen) atoms. The van der Waals surface area contributed by atoms with Gasteiger partial charge in [-0.05, 0) is 34.1 Å². The molecule has 2 nitrogen and oxygen atoms in total. The van der Waals surface area contributed by atoms with Crippen LogP contribution in [-0.4, -0.2) is 6.54 Å². The summed E-state index contributed by atoms with van der Waals surface area (Å²) < 4.78 is 0.866. The molecule has 0 saturated carbocycles. The lowest BCUT2D eigenvalue weighted by molar-refractivity contribution is 1.31. The largest absolute Gasteiger partial charge is 0.371 e. The van der Waals surface area contributed by atoms with Crippen molar-refractivity contribution in [2.75, 3.05) is 11.9 Å². The van der Waals surface area contributed by atoms with Gasteiger partial charge in [-0.25, -0.2) is 0 Å². The Labute approximate surface area is 84.3 Å². The molecule has 0 unspecified atom stereocenters. The van der Waals surface area contributed by atoms with E-state index < -0.39 is 0 Å². The van der Waals surface area contributed by atoms with E-state index in [-0.39, 0.29) is 0 Å². The van der Waals surface area contributed by atoms with Gasteiger partial charge in [0.25, 0.3) is 0 Å². The summed E-state index contributed by atoms with van der Waals surface area (Å²) in [6.45, 7) is 0.292. The molecule has 62 valence electrons. The van der Waals surface area contributed by atoms with Crippen molar-refractivity contribution < 1.29 is 0 Å². The first-order chi connectivity index (χ1) is 5.74. The van der Waals surface area contributed by atoms with Crippen LogP contribution in [0.25, 0.3) is 0 Å². The quantitative estimate of drug-likeness (QED) is 0.813. The molecule has 0 aliphatic heterocycles. The molecule has 0 aliphatic rings. The summed E-state index contributed by atoms with van der Waals surface area (Å²) in [5, 5.41) is 11.9. The summed E-state index contributed by atoms with van der Waals surface area (Å²) in [5.74, 6) is 0. The van der Waals surface area contributed by atoms with Crippen LogP contribution >= 0.6 is 27.5 Å². The van der Waals surface area contributed by atoms with Crippen LogP contribution in [0.1, 0.15) is 0 Å². The molecule has 0 aliphatic carbocycles. The molecular formula is C8H6BrClN2. The molecule has 0 radical (unpaired) electrons. The molecule has 0 bridgehead atoms. The van der Waals surface area contributed by atoms with Gasteiger partial charge in [-0.1, -0.05) is 11.6 Å². The van der Waals surface area contributed by atoms with Crippen molar-refractivity contribution in [3.05, 3.63) is 27.7 Å². The molecule has 0 spiro atoms. The van der Waals surface area contributed by atoms with E-state index in [2.05, 4.69) is 21.2 Å². The molecular weight excluding hydrogens is 239 g/mol. The Bertz CT molecular complexity index is 319. The van der Waals surface area contributed by atoms with E-state index in [1.165, 1.54) is 0 Å². The molecule has 0 atom stereocenters. The zero-order valence-electron chi connectivity index (χ0n) is 6.14. The minimum absolute atomic E-state index is 0.292. The van der Waals surface area contributed by atoms with Gasteiger partial charge in [0.1, 0.15) is 6.54 Å². The van der Waals surface area contributed by atoms with Gasteiger partial charge in [-0.3, -0.25) is 0 Å². The summed E-state index contributed by atoms with van der Waals surface area (Å²) in [4.78, 5) is 0. The average molecular weight is 246 g/mol. The van der Waals surface area contributed by atoms with Crippen molar-refractivity contribution in [3.63, 3.8) is 0 Å². The van der Waals surface area contributed by atoms with Gasteiger partial charge in [-0.15, -0.1) is 0 Å². The number of nitriles is 1. The standard InChI is InChI=1S/C8H6BrClN2/c9-7-5-6(10)1-2-8(7)12-4-3-11/h1-2,5,12H,4H2. The normalized spacial score (nSPS) is 9.08. The van der Waals surface area contributed by atoms with Crippen LogP contribution in [0.2, 0.25) is 5.02 Å². The van der Waals surface area contributed by atoms with Crippen molar-refractivity contribution in [1.82, 2.24) is 0 Å². The van der Waals surface area contributed by atoms with Gasteiger partial charge in [0.15, 0.2) is 0 Å². The lowest BCUT2D eigenvalue weighted by Crippen LogP contribution is -1.98. The van der Waals surface area contributed by atoms with E-state index in [0.29, 0.717) is 11.6 Å². The predicted molar refractivity (Wildman–Crippen MR) is 53.3 cm³/mol. The van der Waals surface area contributed by atoms with Crippen LogP contribution in [0.3, 0.4) is 0 Å². The number of nitrogens with zero attached hydrogens (tertiary/aromatic N) is 1. The topological polar surface area (TPSA) is 35.8 Å². The Hall–Kier alpha value is -0.720. The van der Waals surface area contributed by atoms with E-state index in [4.69, 9.17) is 16.9 Å². The van der Waals surface area contributed by atoms with E-state index in [0.717, 1.165) is 10.2 Å². The smallest absolute Gasteiger partial charge is 0.103 e. The van der Waals surface area contributed by atoms with Gasteiger partial charge >= 0.3 is 0 Å². The van der Waals surface area contributed by atoms with Crippen molar-refractivity contribution in [3.8, 4) is 6.07 Å². The zero-order chi connectivity index (χ0) is 8.97.